The van der Waals surface area contributed by atoms with Gasteiger partial charge < -0.3 is 9.80 Å². The average molecular weight is 462 g/mol. The SMILES string of the molecule is CN(C)c1ncc(-c2cccc(F)c2)c([C@@H]2CCCCN2Cc2ccnc(N3CCCC3)n2)n1. The lowest BCUT2D eigenvalue weighted by Gasteiger charge is -2.36. The Balaban J connectivity index is 1.49. The number of rotatable bonds is 6. The van der Waals surface area contributed by atoms with Gasteiger partial charge in [0.1, 0.15) is 5.82 Å². The van der Waals surface area contributed by atoms with Crippen LogP contribution in [0.1, 0.15) is 49.5 Å². The van der Waals surface area contributed by atoms with Gasteiger partial charge in [-0.1, -0.05) is 18.6 Å². The summed E-state index contributed by atoms with van der Waals surface area (Å²) in [6.07, 6.45) is 9.39. The van der Waals surface area contributed by atoms with Gasteiger partial charge in [0.25, 0.3) is 0 Å². The summed E-state index contributed by atoms with van der Waals surface area (Å²) >= 11 is 0. The first kappa shape index (κ1) is 22.7. The van der Waals surface area contributed by atoms with Gasteiger partial charge in [-0.2, -0.15) is 0 Å². The van der Waals surface area contributed by atoms with Gasteiger partial charge >= 0.3 is 0 Å². The molecule has 0 radical (unpaired) electrons. The highest BCUT2D eigenvalue weighted by atomic mass is 19.1. The molecule has 178 valence electrons. The topological polar surface area (TPSA) is 61.3 Å². The number of aromatic nitrogens is 4. The number of hydrogen-bond donors (Lipinski definition) is 0. The van der Waals surface area contributed by atoms with Gasteiger partial charge in [-0.05, 0) is 56.0 Å². The average Bonchev–Trinajstić information content (AvgIpc) is 3.39. The van der Waals surface area contributed by atoms with Gasteiger partial charge in [0.05, 0.1) is 17.4 Å². The fourth-order valence-electron chi connectivity index (χ4n) is 4.97. The molecule has 2 aromatic heterocycles. The third-order valence-electron chi connectivity index (χ3n) is 6.72. The summed E-state index contributed by atoms with van der Waals surface area (Å²) in [5, 5.41) is 0. The molecule has 2 aliphatic heterocycles. The van der Waals surface area contributed by atoms with Crippen molar-refractivity contribution in [2.24, 2.45) is 0 Å². The Bertz CT molecular complexity index is 1130. The molecule has 0 unspecified atom stereocenters. The second kappa shape index (κ2) is 10.0. The Kier molecular flexibility index (Phi) is 6.67. The van der Waals surface area contributed by atoms with Crippen LogP contribution in [0.3, 0.4) is 0 Å². The minimum Gasteiger partial charge on any atom is -0.347 e. The Hall–Kier alpha value is -3.13. The predicted octanol–water partition coefficient (Wildman–Crippen LogP) is 4.47. The predicted molar refractivity (Wildman–Crippen MR) is 132 cm³/mol. The Labute approximate surface area is 200 Å². The molecule has 1 atom stereocenters. The van der Waals surface area contributed by atoms with Gasteiger partial charge in [-0.3, -0.25) is 4.90 Å². The van der Waals surface area contributed by atoms with E-state index >= 15 is 0 Å². The van der Waals surface area contributed by atoms with Gasteiger partial charge in [-0.15, -0.1) is 0 Å². The molecule has 2 aliphatic rings. The van der Waals surface area contributed by atoms with Crippen molar-refractivity contribution in [2.75, 3.05) is 43.5 Å². The van der Waals surface area contributed by atoms with Crippen LogP contribution in [0.25, 0.3) is 11.1 Å². The summed E-state index contributed by atoms with van der Waals surface area (Å²) in [6.45, 7) is 3.76. The van der Waals surface area contributed by atoms with E-state index in [1.165, 1.54) is 18.9 Å². The smallest absolute Gasteiger partial charge is 0.225 e. The van der Waals surface area contributed by atoms with Crippen molar-refractivity contribution in [1.82, 2.24) is 24.8 Å². The molecule has 0 amide bonds. The van der Waals surface area contributed by atoms with Gasteiger partial charge in [0.2, 0.25) is 11.9 Å². The van der Waals surface area contributed by atoms with E-state index in [2.05, 4.69) is 19.8 Å². The molecule has 0 spiro atoms. The molecule has 2 fully saturated rings. The van der Waals surface area contributed by atoms with Crippen molar-refractivity contribution >= 4 is 11.9 Å². The maximum Gasteiger partial charge on any atom is 0.225 e. The fourth-order valence-corrected chi connectivity index (χ4v) is 4.97. The van der Waals surface area contributed by atoms with Crippen molar-refractivity contribution < 1.29 is 4.39 Å². The number of benzene rings is 1. The molecule has 7 nitrogen and oxygen atoms in total. The number of halogens is 1. The lowest BCUT2D eigenvalue weighted by Crippen LogP contribution is -2.34. The van der Waals surface area contributed by atoms with Crippen molar-refractivity contribution in [3.8, 4) is 11.1 Å². The van der Waals surface area contributed by atoms with Crippen LogP contribution in [0.15, 0.2) is 42.7 Å². The maximum absolute atomic E-state index is 14.1. The van der Waals surface area contributed by atoms with E-state index in [9.17, 15) is 4.39 Å². The second-order valence-corrected chi connectivity index (χ2v) is 9.40. The van der Waals surface area contributed by atoms with Crippen molar-refractivity contribution in [3.63, 3.8) is 0 Å². The van der Waals surface area contributed by atoms with Crippen LogP contribution in [-0.2, 0) is 6.54 Å². The highest BCUT2D eigenvalue weighted by Gasteiger charge is 2.29. The van der Waals surface area contributed by atoms with Crippen LogP contribution < -0.4 is 9.80 Å². The molecule has 0 saturated carbocycles. The molecule has 1 aromatic carbocycles. The number of piperidine rings is 1. The monoisotopic (exact) mass is 461 g/mol. The molecule has 0 bridgehead atoms. The molecule has 4 heterocycles. The van der Waals surface area contributed by atoms with Crippen molar-refractivity contribution in [1.29, 1.82) is 0 Å². The molecule has 3 aromatic rings. The van der Waals surface area contributed by atoms with Crippen molar-refractivity contribution in [2.45, 2.75) is 44.7 Å². The fraction of sp³-hybridized carbons (Fsp3) is 0.462. The third kappa shape index (κ3) is 4.87. The summed E-state index contributed by atoms with van der Waals surface area (Å²) < 4.78 is 14.1. The van der Waals surface area contributed by atoms with Crippen molar-refractivity contribution in [3.05, 3.63) is 59.9 Å². The van der Waals surface area contributed by atoms with E-state index in [1.807, 2.05) is 43.5 Å². The molecule has 34 heavy (non-hydrogen) atoms. The molecule has 2 saturated heterocycles. The highest BCUT2D eigenvalue weighted by molar-refractivity contribution is 5.66. The zero-order valence-corrected chi connectivity index (χ0v) is 20.0. The van der Waals surface area contributed by atoms with E-state index in [0.29, 0.717) is 5.95 Å². The first-order valence-electron chi connectivity index (χ1n) is 12.2. The van der Waals surface area contributed by atoms with Crippen LogP contribution >= 0.6 is 0 Å². The van der Waals surface area contributed by atoms with Crippen LogP contribution in [0.4, 0.5) is 16.3 Å². The number of hydrogen-bond acceptors (Lipinski definition) is 7. The van der Waals surface area contributed by atoms with E-state index in [1.54, 1.807) is 12.1 Å². The largest absolute Gasteiger partial charge is 0.347 e. The van der Waals surface area contributed by atoms with Crippen LogP contribution in [-0.4, -0.2) is 58.6 Å². The van der Waals surface area contributed by atoms with Gasteiger partial charge in [0, 0.05) is 51.7 Å². The van der Waals surface area contributed by atoms with Crippen LogP contribution in [0.5, 0.6) is 0 Å². The summed E-state index contributed by atoms with van der Waals surface area (Å²) in [5.74, 6) is 1.25. The molecular formula is C26H32FN7. The summed E-state index contributed by atoms with van der Waals surface area (Å²) in [4.78, 5) is 25.6. The molecule has 8 heteroatoms. The maximum atomic E-state index is 14.1. The summed E-state index contributed by atoms with van der Waals surface area (Å²) in [6, 6.07) is 8.84. The minimum absolute atomic E-state index is 0.110. The third-order valence-corrected chi connectivity index (χ3v) is 6.72. The Morgan fingerprint density at radius 1 is 1.00 bits per heavy atom. The lowest BCUT2D eigenvalue weighted by atomic mass is 9.93. The Morgan fingerprint density at radius 2 is 1.82 bits per heavy atom. The van der Waals surface area contributed by atoms with E-state index < -0.39 is 0 Å². The van der Waals surface area contributed by atoms with Crippen LogP contribution in [0.2, 0.25) is 0 Å². The lowest BCUT2D eigenvalue weighted by molar-refractivity contribution is 0.136. The number of likely N-dealkylation sites (tertiary alicyclic amines) is 1. The molecule has 0 aliphatic carbocycles. The standard InChI is InChI=1S/C26H32FN7/c1-32(2)25-29-17-22(19-8-7-9-20(27)16-19)24(31-25)23-10-3-4-15-34(23)18-21-11-12-28-26(30-21)33-13-5-6-14-33/h7-9,11-12,16-17,23H,3-6,10,13-15,18H2,1-2H3/t23-/m0/s1. The van der Waals surface area contributed by atoms with Gasteiger partial charge in [0.15, 0.2) is 0 Å². The van der Waals surface area contributed by atoms with Gasteiger partial charge in [-0.25, -0.2) is 24.3 Å². The Morgan fingerprint density at radius 3 is 2.62 bits per heavy atom. The highest BCUT2D eigenvalue weighted by Crippen LogP contribution is 2.37. The summed E-state index contributed by atoms with van der Waals surface area (Å²) in [5.41, 5.74) is 3.68. The molecular weight excluding hydrogens is 429 g/mol. The first-order chi connectivity index (χ1) is 16.6. The minimum atomic E-state index is -0.254. The summed E-state index contributed by atoms with van der Waals surface area (Å²) in [7, 11) is 3.89. The molecule has 0 N–H and O–H groups in total. The van der Waals surface area contributed by atoms with E-state index in [0.717, 1.165) is 73.9 Å². The number of nitrogens with zero attached hydrogens (tertiary/aromatic N) is 7. The van der Waals surface area contributed by atoms with E-state index in [4.69, 9.17) is 9.97 Å². The normalized spacial score (nSPS) is 18.9. The van der Waals surface area contributed by atoms with Crippen LogP contribution in [0, 0.1) is 5.82 Å². The van der Waals surface area contributed by atoms with E-state index in [-0.39, 0.29) is 11.9 Å². The molecule has 5 rings (SSSR count). The zero-order chi connectivity index (χ0) is 23.5. The first-order valence-corrected chi connectivity index (χ1v) is 12.2. The second-order valence-electron chi connectivity index (χ2n) is 9.40. The quantitative estimate of drug-likeness (QED) is 0.537. The number of anilines is 2. The zero-order valence-electron chi connectivity index (χ0n) is 20.0.